The van der Waals surface area contributed by atoms with E-state index < -0.39 is 17.2 Å². The van der Waals surface area contributed by atoms with Crippen LogP contribution in [0.1, 0.15) is 35.7 Å². The van der Waals surface area contributed by atoms with Gasteiger partial charge < -0.3 is 15.4 Å². The number of hydrogen-bond acceptors (Lipinski definition) is 4. The van der Waals surface area contributed by atoms with Crippen molar-refractivity contribution in [2.45, 2.75) is 26.3 Å². The van der Waals surface area contributed by atoms with Crippen LogP contribution in [-0.4, -0.2) is 27.0 Å². The number of nitrogens with one attached hydrogen (secondary N) is 2. The Bertz CT molecular complexity index is 756. The van der Waals surface area contributed by atoms with E-state index in [0.717, 1.165) is 10.0 Å². The van der Waals surface area contributed by atoms with Gasteiger partial charge in [-0.2, -0.15) is 0 Å². The van der Waals surface area contributed by atoms with E-state index in [4.69, 9.17) is 0 Å². The standard InChI is InChI=1S/C15H16BrN3O3/c1-8(2)17-14(21)12-13(20)15(22)19-11(18-12)7-9-5-3-4-6-10(9)16/h3-6,8,20H,7H2,1-2H3,(H,17,21)(H,18,19,22). The molecule has 0 aliphatic rings. The summed E-state index contributed by atoms with van der Waals surface area (Å²) < 4.78 is 0.874. The van der Waals surface area contributed by atoms with Crippen molar-refractivity contribution in [3.8, 4) is 5.75 Å². The highest BCUT2D eigenvalue weighted by atomic mass is 79.9. The topological polar surface area (TPSA) is 95.1 Å². The maximum absolute atomic E-state index is 12.0. The summed E-state index contributed by atoms with van der Waals surface area (Å²) in [5, 5.41) is 12.4. The van der Waals surface area contributed by atoms with Gasteiger partial charge in [0.2, 0.25) is 5.75 Å². The first-order valence-corrected chi connectivity index (χ1v) is 7.54. The average Bonchev–Trinajstić information content (AvgIpc) is 2.44. The Morgan fingerprint density at radius 3 is 2.73 bits per heavy atom. The third-order valence-corrected chi connectivity index (χ3v) is 3.67. The van der Waals surface area contributed by atoms with E-state index in [-0.39, 0.29) is 11.7 Å². The van der Waals surface area contributed by atoms with Gasteiger partial charge in [-0.3, -0.25) is 9.59 Å². The molecule has 3 N–H and O–H groups in total. The molecule has 0 radical (unpaired) electrons. The lowest BCUT2D eigenvalue weighted by atomic mass is 10.1. The van der Waals surface area contributed by atoms with Crippen molar-refractivity contribution < 1.29 is 9.90 Å². The lowest BCUT2D eigenvalue weighted by Gasteiger charge is -2.10. The molecular formula is C15H16BrN3O3. The SMILES string of the molecule is CC(C)NC(=O)c1nc(Cc2ccccc2Br)[nH]c(=O)c1O. The zero-order chi connectivity index (χ0) is 16.3. The second kappa shape index (κ2) is 6.74. The Kier molecular flexibility index (Phi) is 4.97. The number of H-pyrrole nitrogens is 1. The molecule has 0 bridgehead atoms. The summed E-state index contributed by atoms with van der Waals surface area (Å²) in [5.41, 5.74) is -0.0861. The van der Waals surface area contributed by atoms with Gasteiger partial charge >= 0.3 is 0 Å². The summed E-state index contributed by atoms with van der Waals surface area (Å²) in [7, 11) is 0. The van der Waals surface area contributed by atoms with E-state index in [1.54, 1.807) is 13.8 Å². The molecule has 1 aromatic carbocycles. The molecule has 1 aromatic heterocycles. The minimum Gasteiger partial charge on any atom is -0.501 e. The van der Waals surface area contributed by atoms with Crippen molar-refractivity contribution >= 4 is 21.8 Å². The number of carbonyl (C=O) groups excluding carboxylic acids is 1. The normalized spacial score (nSPS) is 10.7. The van der Waals surface area contributed by atoms with Gasteiger partial charge in [0, 0.05) is 16.9 Å². The van der Waals surface area contributed by atoms with Crippen molar-refractivity contribution in [2.75, 3.05) is 0 Å². The number of hydrogen-bond donors (Lipinski definition) is 3. The first-order valence-electron chi connectivity index (χ1n) is 6.75. The summed E-state index contributed by atoms with van der Waals surface area (Å²) in [6.07, 6.45) is 0.332. The summed E-state index contributed by atoms with van der Waals surface area (Å²) in [6.45, 7) is 3.56. The minimum atomic E-state index is -0.731. The van der Waals surface area contributed by atoms with Gasteiger partial charge in [0.1, 0.15) is 5.82 Å². The number of rotatable bonds is 4. The number of amides is 1. The van der Waals surface area contributed by atoms with Crippen LogP contribution in [0.3, 0.4) is 0 Å². The van der Waals surface area contributed by atoms with E-state index in [2.05, 4.69) is 31.2 Å². The van der Waals surface area contributed by atoms with E-state index in [1.165, 1.54) is 0 Å². The molecule has 0 fully saturated rings. The molecule has 116 valence electrons. The van der Waals surface area contributed by atoms with E-state index in [9.17, 15) is 14.7 Å². The number of carbonyl (C=O) groups is 1. The summed E-state index contributed by atoms with van der Waals surface area (Å²) in [4.78, 5) is 30.4. The van der Waals surface area contributed by atoms with Crippen LogP contribution in [0.2, 0.25) is 0 Å². The molecule has 0 atom stereocenters. The fourth-order valence-electron chi connectivity index (χ4n) is 1.91. The van der Waals surface area contributed by atoms with Crippen LogP contribution in [0.25, 0.3) is 0 Å². The van der Waals surface area contributed by atoms with E-state index in [0.29, 0.717) is 12.2 Å². The Morgan fingerprint density at radius 2 is 2.09 bits per heavy atom. The summed E-state index contributed by atoms with van der Waals surface area (Å²) >= 11 is 3.42. The lowest BCUT2D eigenvalue weighted by molar-refractivity contribution is 0.0934. The van der Waals surface area contributed by atoms with Gasteiger partial charge in [-0.25, -0.2) is 4.98 Å². The molecule has 22 heavy (non-hydrogen) atoms. The minimum absolute atomic E-state index is 0.125. The van der Waals surface area contributed by atoms with Crippen molar-refractivity contribution in [1.29, 1.82) is 0 Å². The summed E-state index contributed by atoms with van der Waals surface area (Å²) in [5.74, 6) is -0.940. The van der Waals surface area contributed by atoms with Gasteiger partial charge in [0.05, 0.1) is 0 Å². The molecule has 0 saturated carbocycles. The zero-order valence-electron chi connectivity index (χ0n) is 12.2. The number of benzene rings is 1. The predicted octanol–water partition coefficient (Wildman–Crippen LogP) is 1.97. The monoisotopic (exact) mass is 365 g/mol. The molecule has 6 nitrogen and oxygen atoms in total. The maximum Gasteiger partial charge on any atom is 0.293 e. The fraction of sp³-hybridized carbons (Fsp3) is 0.267. The highest BCUT2D eigenvalue weighted by Crippen LogP contribution is 2.18. The van der Waals surface area contributed by atoms with Crippen LogP contribution in [0.5, 0.6) is 5.75 Å². The second-order valence-corrected chi connectivity index (χ2v) is 5.96. The molecule has 7 heteroatoms. The van der Waals surface area contributed by atoms with Crippen LogP contribution < -0.4 is 10.9 Å². The molecule has 0 unspecified atom stereocenters. The Hall–Kier alpha value is -2.15. The van der Waals surface area contributed by atoms with Gasteiger partial charge in [-0.1, -0.05) is 34.1 Å². The highest BCUT2D eigenvalue weighted by molar-refractivity contribution is 9.10. The first-order chi connectivity index (χ1) is 10.4. The third-order valence-electron chi connectivity index (χ3n) is 2.89. The molecule has 2 rings (SSSR count). The van der Waals surface area contributed by atoms with Gasteiger partial charge in [-0.15, -0.1) is 0 Å². The highest BCUT2D eigenvalue weighted by Gasteiger charge is 2.18. The molecular weight excluding hydrogens is 350 g/mol. The Balaban J connectivity index is 2.38. The quantitative estimate of drug-likeness (QED) is 0.771. The number of halogens is 1. The molecule has 2 aromatic rings. The smallest absolute Gasteiger partial charge is 0.293 e. The zero-order valence-corrected chi connectivity index (χ0v) is 13.8. The van der Waals surface area contributed by atoms with Gasteiger partial charge in [0.25, 0.3) is 11.5 Å². The average molecular weight is 366 g/mol. The van der Waals surface area contributed by atoms with Crippen molar-refractivity contribution in [3.05, 3.63) is 56.2 Å². The molecule has 0 aliphatic heterocycles. The first kappa shape index (κ1) is 16.2. The maximum atomic E-state index is 12.0. The van der Waals surface area contributed by atoms with Crippen molar-refractivity contribution in [3.63, 3.8) is 0 Å². The van der Waals surface area contributed by atoms with E-state index in [1.807, 2.05) is 24.3 Å². The summed E-state index contributed by atoms with van der Waals surface area (Å²) in [6, 6.07) is 7.37. The molecule has 1 heterocycles. The number of aromatic nitrogens is 2. The number of nitrogens with zero attached hydrogens (tertiary/aromatic N) is 1. The lowest BCUT2D eigenvalue weighted by Crippen LogP contribution is -2.32. The van der Waals surface area contributed by atoms with Crippen molar-refractivity contribution in [2.24, 2.45) is 0 Å². The third kappa shape index (κ3) is 3.73. The molecule has 0 spiro atoms. The van der Waals surface area contributed by atoms with Crippen LogP contribution in [0.15, 0.2) is 33.5 Å². The Labute approximate surface area is 135 Å². The van der Waals surface area contributed by atoms with Crippen molar-refractivity contribution in [1.82, 2.24) is 15.3 Å². The fourth-order valence-corrected chi connectivity index (χ4v) is 2.33. The predicted molar refractivity (Wildman–Crippen MR) is 86.1 cm³/mol. The Morgan fingerprint density at radius 1 is 1.41 bits per heavy atom. The largest absolute Gasteiger partial charge is 0.501 e. The number of aromatic hydroxyl groups is 1. The number of aromatic amines is 1. The van der Waals surface area contributed by atoms with Crippen LogP contribution in [-0.2, 0) is 6.42 Å². The van der Waals surface area contributed by atoms with E-state index >= 15 is 0 Å². The second-order valence-electron chi connectivity index (χ2n) is 5.11. The van der Waals surface area contributed by atoms with Gasteiger partial charge in [0.15, 0.2) is 5.69 Å². The van der Waals surface area contributed by atoms with Crippen LogP contribution in [0, 0.1) is 0 Å². The molecule has 1 amide bonds. The van der Waals surface area contributed by atoms with Crippen LogP contribution >= 0.6 is 15.9 Å². The molecule has 0 saturated heterocycles. The van der Waals surface area contributed by atoms with Gasteiger partial charge in [-0.05, 0) is 25.5 Å². The molecule has 0 aliphatic carbocycles. The van der Waals surface area contributed by atoms with Crippen LogP contribution in [0.4, 0.5) is 0 Å².